The number of rotatable bonds is 3. The van der Waals surface area contributed by atoms with Crippen LogP contribution in [0.25, 0.3) is 0 Å². The van der Waals surface area contributed by atoms with Crippen molar-refractivity contribution in [1.29, 1.82) is 0 Å². The highest BCUT2D eigenvalue weighted by atomic mass is 35.5. The van der Waals surface area contributed by atoms with Crippen LogP contribution in [-0.2, 0) is 10.0 Å². The monoisotopic (exact) mass is 234 g/mol. The first-order chi connectivity index (χ1) is 6.49. The number of pyridine rings is 1. The standard InChI is InChI=1S/C8H11ClN2O2S/c1-3-11-14(12,13)8-5-10-4-7(9)6(8)2/h4-5,11H,3H2,1-2H3. The van der Waals surface area contributed by atoms with Crippen LogP contribution in [0, 0.1) is 6.92 Å². The molecule has 1 aromatic rings. The summed E-state index contributed by atoms with van der Waals surface area (Å²) in [6.45, 7) is 3.70. The second-order valence-corrected chi connectivity index (χ2v) is 4.89. The molecular weight excluding hydrogens is 224 g/mol. The van der Waals surface area contributed by atoms with E-state index in [0.29, 0.717) is 17.1 Å². The van der Waals surface area contributed by atoms with Gasteiger partial charge in [0.25, 0.3) is 0 Å². The molecule has 6 heteroatoms. The van der Waals surface area contributed by atoms with Crippen molar-refractivity contribution in [2.75, 3.05) is 6.54 Å². The second kappa shape index (κ2) is 4.25. The van der Waals surface area contributed by atoms with Crippen LogP contribution in [0.1, 0.15) is 12.5 Å². The molecule has 78 valence electrons. The van der Waals surface area contributed by atoms with Crippen molar-refractivity contribution in [2.24, 2.45) is 0 Å². The quantitative estimate of drug-likeness (QED) is 0.859. The van der Waals surface area contributed by atoms with Crippen LogP contribution in [-0.4, -0.2) is 19.9 Å². The van der Waals surface area contributed by atoms with Crippen molar-refractivity contribution in [1.82, 2.24) is 9.71 Å². The van der Waals surface area contributed by atoms with Gasteiger partial charge in [-0.25, -0.2) is 13.1 Å². The molecule has 1 heterocycles. The van der Waals surface area contributed by atoms with Crippen molar-refractivity contribution >= 4 is 21.6 Å². The topological polar surface area (TPSA) is 59.1 Å². The summed E-state index contributed by atoms with van der Waals surface area (Å²) in [5.41, 5.74) is 0.516. The molecule has 0 radical (unpaired) electrons. The molecule has 1 aromatic heterocycles. The molecule has 0 spiro atoms. The molecule has 0 saturated heterocycles. The lowest BCUT2D eigenvalue weighted by atomic mass is 10.3. The van der Waals surface area contributed by atoms with Crippen LogP contribution in [0.5, 0.6) is 0 Å². The SMILES string of the molecule is CCNS(=O)(=O)c1cncc(Cl)c1C. The number of hydrogen-bond acceptors (Lipinski definition) is 3. The van der Waals surface area contributed by atoms with Crippen LogP contribution >= 0.6 is 11.6 Å². The number of nitrogens with zero attached hydrogens (tertiary/aromatic N) is 1. The van der Waals surface area contributed by atoms with Gasteiger partial charge in [0.1, 0.15) is 4.90 Å². The van der Waals surface area contributed by atoms with Gasteiger partial charge < -0.3 is 0 Å². The highest BCUT2D eigenvalue weighted by molar-refractivity contribution is 7.89. The van der Waals surface area contributed by atoms with E-state index in [4.69, 9.17) is 11.6 Å². The fourth-order valence-electron chi connectivity index (χ4n) is 1.02. The fourth-order valence-corrected chi connectivity index (χ4v) is 2.48. The molecule has 0 aliphatic rings. The van der Waals surface area contributed by atoms with Gasteiger partial charge in [-0.3, -0.25) is 4.98 Å². The van der Waals surface area contributed by atoms with E-state index in [1.54, 1.807) is 13.8 Å². The van der Waals surface area contributed by atoms with E-state index >= 15 is 0 Å². The van der Waals surface area contributed by atoms with E-state index in [0.717, 1.165) is 0 Å². The molecule has 0 fully saturated rings. The Balaban J connectivity index is 3.27. The van der Waals surface area contributed by atoms with E-state index < -0.39 is 10.0 Å². The molecule has 0 aliphatic heterocycles. The minimum Gasteiger partial charge on any atom is -0.262 e. The minimum absolute atomic E-state index is 0.131. The van der Waals surface area contributed by atoms with Crippen LogP contribution in [0.3, 0.4) is 0 Å². The maximum atomic E-state index is 11.6. The molecule has 0 amide bonds. The number of aromatic nitrogens is 1. The molecule has 0 bridgehead atoms. The van der Waals surface area contributed by atoms with Crippen molar-refractivity contribution in [2.45, 2.75) is 18.7 Å². The van der Waals surface area contributed by atoms with Crippen molar-refractivity contribution in [3.63, 3.8) is 0 Å². The molecular formula is C8H11ClN2O2S. The Hall–Kier alpha value is -0.650. The predicted molar refractivity (Wildman–Crippen MR) is 54.8 cm³/mol. The van der Waals surface area contributed by atoms with Gasteiger partial charge in [-0.15, -0.1) is 0 Å². The minimum atomic E-state index is -3.46. The van der Waals surface area contributed by atoms with Gasteiger partial charge in [-0.2, -0.15) is 0 Å². The van der Waals surface area contributed by atoms with Gasteiger partial charge in [-0.1, -0.05) is 18.5 Å². The van der Waals surface area contributed by atoms with E-state index in [9.17, 15) is 8.42 Å². The number of sulfonamides is 1. The van der Waals surface area contributed by atoms with Crippen molar-refractivity contribution in [3.8, 4) is 0 Å². The third-order valence-corrected chi connectivity index (χ3v) is 3.77. The fraction of sp³-hybridized carbons (Fsp3) is 0.375. The molecule has 14 heavy (non-hydrogen) atoms. The van der Waals surface area contributed by atoms with E-state index in [-0.39, 0.29) is 4.90 Å². The molecule has 1 rings (SSSR count). The van der Waals surface area contributed by atoms with E-state index in [1.807, 2.05) is 0 Å². The molecule has 1 N–H and O–H groups in total. The largest absolute Gasteiger partial charge is 0.262 e. The van der Waals surface area contributed by atoms with Gasteiger partial charge >= 0.3 is 0 Å². The Labute approximate surface area is 88.4 Å². The van der Waals surface area contributed by atoms with Crippen LogP contribution < -0.4 is 4.72 Å². The first-order valence-corrected chi connectivity index (χ1v) is 5.95. The van der Waals surface area contributed by atoms with Crippen LogP contribution in [0.2, 0.25) is 5.02 Å². The van der Waals surface area contributed by atoms with E-state index in [1.165, 1.54) is 12.4 Å². The number of halogens is 1. The van der Waals surface area contributed by atoms with Crippen molar-refractivity contribution in [3.05, 3.63) is 23.0 Å². The van der Waals surface area contributed by atoms with Gasteiger partial charge in [0, 0.05) is 18.9 Å². The summed E-state index contributed by atoms with van der Waals surface area (Å²) in [6, 6.07) is 0. The highest BCUT2D eigenvalue weighted by Crippen LogP contribution is 2.20. The van der Waals surface area contributed by atoms with Crippen LogP contribution in [0.15, 0.2) is 17.3 Å². The van der Waals surface area contributed by atoms with Crippen molar-refractivity contribution < 1.29 is 8.42 Å². The lowest BCUT2D eigenvalue weighted by Gasteiger charge is -2.07. The smallest absolute Gasteiger partial charge is 0.242 e. The zero-order valence-electron chi connectivity index (χ0n) is 7.91. The van der Waals surface area contributed by atoms with Crippen LogP contribution in [0.4, 0.5) is 0 Å². The molecule has 0 atom stereocenters. The maximum Gasteiger partial charge on any atom is 0.242 e. The van der Waals surface area contributed by atoms with Gasteiger partial charge in [-0.05, 0) is 12.5 Å². The summed E-state index contributed by atoms with van der Waals surface area (Å²) in [7, 11) is -3.46. The predicted octanol–water partition coefficient (Wildman–Crippen LogP) is 1.34. The van der Waals surface area contributed by atoms with Gasteiger partial charge in [0.2, 0.25) is 10.0 Å². The molecule has 4 nitrogen and oxygen atoms in total. The Morgan fingerprint density at radius 1 is 1.50 bits per heavy atom. The van der Waals surface area contributed by atoms with E-state index in [2.05, 4.69) is 9.71 Å². The summed E-state index contributed by atoms with van der Waals surface area (Å²) in [5.74, 6) is 0. The lowest BCUT2D eigenvalue weighted by Crippen LogP contribution is -2.24. The average molecular weight is 235 g/mol. The van der Waals surface area contributed by atoms with Gasteiger partial charge in [0.15, 0.2) is 0 Å². The average Bonchev–Trinajstić information content (AvgIpc) is 2.09. The second-order valence-electron chi connectivity index (χ2n) is 2.75. The zero-order valence-corrected chi connectivity index (χ0v) is 9.48. The third-order valence-electron chi connectivity index (χ3n) is 1.73. The Morgan fingerprint density at radius 3 is 2.71 bits per heavy atom. The molecule has 0 saturated carbocycles. The summed E-state index contributed by atoms with van der Waals surface area (Å²) < 4.78 is 25.6. The molecule has 0 unspecified atom stereocenters. The maximum absolute atomic E-state index is 11.6. The summed E-state index contributed by atoms with van der Waals surface area (Å²) in [6.07, 6.45) is 2.71. The Kier molecular flexibility index (Phi) is 3.47. The molecule has 0 aliphatic carbocycles. The lowest BCUT2D eigenvalue weighted by molar-refractivity contribution is 0.583. The zero-order chi connectivity index (χ0) is 10.8. The summed E-state index contributed by atoms with van der Waals surface area (Å²) in [5, 5.41) is 0.351. The number of nitrogens with one attached hydrogen (secondary N) is 1. The summed E-state index contributed by atoms with van der Waals surface area (Å²) >= 11 is 5.77. The highest BCUT2D eigenvalue weighted by Gasteiger charge is 2.17. The Bertz CT molecular complexity index is 431. The number of hydrogen-bond donors (Lipinski definition) is 1. The first-order valence-electron chi connectivity index (χ1n) is 4.08. The third kappa shape index (κ3) is 2.23. The first kappa shape index (κ1) is 11.4. The summed E-state index contributed by atoms with van der Waals surface area (Å²) in [4.78, 5) is 3.87. The Morgan fingerprint density at radius 2 is 2.14 bits per heavy atom. The molecule has 0 aromatic carbocycles. The normalized spacial score (nSPS) is 11.6. The van der Waals surface area contributed by atoms with Gasteiger partial charge in [0.05, 0.1) is 5.02 Å².